The molecule has 0 aromatic rings. The predicted molar refractivity (Wildman–Crippen MR) is 58.4 cm³/mol. The van der Waals surface area contributed by atoms with Crippen molar-refractivity contribution >= 4 is 11.8 Å². The minimum absolute atomic E-state index is 0.0911. The van der Waals surface area contributed by atoms with Crippen molar-refractivity contribution in [3.63, 3.8) is 0 Å². The van der Waals surface area contributed by atoms with Gasteiger partial charge in [-0.2, -0.15) is 0 Å². The van der Waals surface area contributed by atoms with Crippen molar-refractivity contribution in [3.05, 3.63) is 12.2 Å². The molecule has 0 rings (SSSR count). The topological polar surface area (TPSA) is 63.6 Å². The molecule has 4 nitrogen and oxygen atoms in total. The molecule has 1 unspecified atom stereocenters. The van der Waals surface area contributed by atoms with Crippen molar-refractivity contribution < 1.29 is 19.4 Å². The fraction of sp³-hybridized carbons (Fsp3) is 0.636. The Labute approximate surface area is 90.9 Å². The second-order valence-electron chi connectivity index (χ2n) is 2.97. The first kappa shape index (κ1) is 16.3. The smallest absolute Gasteiger partial charge is 0.308 e. The van der Waals surface area contributed by atoms with E-state index in [1.165, 1.54) is 13.0 Å². The van der Waals surface area contributed by atoms with Crippen molar-refractivity contribution in [2.24, 2.45) is 0 Å². The summed E-state index contributed by atoms with van der Waals surface area (Å²) in [7, 11) is 0. The van der Waals surface area contributed by atoms with Crippen molar-refractivity contribution in [3.8, 4) is 0 Å². The second-order valence-corrected chi connectivity index (χ2v) is 2.97. The lowest BCUT2D eigenvalue weighted by Crippen LogP contribution is -2.11. The van der Waals surface area contributed by atoms with E-state index in [1.807, 2.05) is 6.92 Å². The Balaban J connectivity index is 0. The third-order valence-electron chi connectivity index (χ3n) is 1.17. The molecule has 0 heterocycles. The van der Waals surface area contributed by atoms with E-state index in [2.05, 4.69) is 4.74 Å². The summed E-state index contributed by atoms with van der Waals surface area (Å²) in [5, 5.41) is 8.65. The molecular formula is C11H20O4. The molecule has 0 radical (unpaired) electrons. The van der Waals surface area contributed by atoms with E-state index in [0.717, 1.165) is 0 Å². The number of rotatable bonds is 4. The lowest BCUT2D eigenvalue weighted by Gasteiger charge is -2.01. The van der Waals surface area contributed by atoms with Crippen LogP contribution < -0.4 is 0 Å². The fourth-order valence-electron chi connectivity index (χ4n) is 0.696. The molecule has 0 saturated heterocycles. The quantitative estimate of drug-likeness (QED) is 0.571. The van der Waals surface area contributed by atoms with E-state index in [4.69, 9.17) is 5.11 Å². The standard InChI is InChI=1S/C6H12O3.C5H8O/c1-3-9-6(8)4-5(2)7;1-3-4-5(2)6/h5,7H,3-4H2,1-2H3;3-4H,1-2H3/b;4-3+. The Kier molecular flexibility index (Phi) is 11.8. The summed E-state index contributed by atoms with van der Waals surface area (Å²) in [4.78, 5) is 20.4. The SMILES string of the molecule is C/C=C/C(C)=O.CCOC(=O)CC(C)O. The van der Waals surface area contributed by atoms with Crippen molar-refractivity contribution in [1.82, 2.24) is 0 Å². The first-order valence-electron chi connectivity index (χ1n) is 4.90. The number of aliphatic hydroxyl groups excluding tert-OH is 1. The molecule has 88 valence electrons. The number of aliphatic hydroxyl groups is 1. The summed E-state index contributed by atoms with van der Waals surface area (Å²) in [6.07, 6.45) is 2.75. The average Bonchev–Trinajstić information content (AvgIpc) is 2.03. The van der Waals surface area contributed by atoms with E-state index < -0.39 is 6.10 Å². The van der Waals surface area contributed by atoms with Crippen LogP contribution in [0.5, 0.6) is 0 Å². The summed E-state index contributed by atoms with van der Waals surface area (Å²) in [6.45, 7) is 7.02. The molecule has 4 heteroatoms. The highest BCUT2D eigenvalue weighted by Crippen LogP contribution is 1.91. The number of carbonyl (C=O) groups is 2. The molecule has 0 fully saturated rings. The Morgan fingerprint density at radius 3 is 2.20 bits per heavy atom. The Bertz CT molecular complexity index is 207. The lowest BCUT2D eigenvalue weighted by atomic mass is 10.3. The molecule has 0 aliphatic rings. The van der Waals surface area contributed by atoms with Gasteiger partial charge >= 0.3 is 5.97 Å². The summed E-state index contributed by atoms with van der Waals surface area (Å²) >= 11 is 0. The largest absolute Gasteiger partial charge is 0.466 e. The number of allylic oxidation sites excluding steroid dienone is 2. The van der Waals surface area contributed by atoms with Crippen LogP contribution in [0.3, 0.4) is 0 Å². The predicted octanol–water partition coefficient (Wildman–Crippen LogP) is 1.47. The van der Waals surface area contributed by atoms with Gasteiger partial charge in [0.15, 0.2) is 5.78 Å². The molecule has 0 amide bonds. The first-order chi connectivity index (χ1) is 6.93. The molecule has 0 bridgehead atoms. The third-order valence-corrected chi connectivity index (χ3v) is 1.17. The molecule has 0 saturated carbocycles. The zero-order valence-corrected chi connectivity index (χ0v) is 9.82. The van der Waals surface area contributed by atoms with Gasteiger partial charge in [0.25, 0.3) is 0 Å². The Hall–Kier alpha value is -1.16. The molecule has 0 spiro atoms. The van der Waals surface area contributed by atoms with Crippen LogP contribution in [0, 0.1) is 0 Å². The number of hydrogen-bond acceptors (Lipinski definition) is 4. The summed E-state index contributed by atoms with van der Waals surface area (Å²) in [5.74, 6) is -0.231. The number of ketones is 1. The highest BCUT2D eigenvalue weighted by Gasteiger charge is 2.04. The van der Waals surface area contributed by atoms with Gasteiger partial charge in [0.2, 0.25) is 0 Å². The van der Waals surface area contributed by atoms with Gasteiger partial charge in [0.1, 0.15) is 0 Å². The molecule has 0 aromatic carbocycles. The third kappa shape index (κ3) is 19.3. The maximum Gasteiger partial charge on any atom is 0.308 e. The molecule has 1 atom stereocenters. The van der Waals surface area contributed by atoms with Crippen molar-refractivity contribution in [2.45, 2.75) is 40.2 Å². The first-order valence-corrected chi connectivity index (χ1v) is 4.90. The minimum atomic E-state index is -0.593. The van der Waals surface area contributed by atoms with Crippen LogP contribution in [0.25, 0.3) is 0 Å². The van der Waals surface area contributed by atoms with Crippen molar-refractivity contribution in [2.75, 3.05) is 6.61 Å². The van der Waals surface area contributed by atoms with Gasteiger partial charge in [-0.3, -0.25) is 9.59 Å². The summed E-state index contributed by atoms with van der Waals surface area (Å²) in [5.41, 5.74) is 0. The average molecular weight is 216 g/mol. The number of hydrogen-bond donors (Lipinski definition) is 1. The zero-order valence-electron chi connectivity index (χ0n) is 9.82. The van der Waals surface area contributed by atoms with Gasteiger partial charge < -0.3 is 9.84 Å². The lowest BCUT2D eigenvalue weighted by molar-refractivity contribution is -0.145. The minimum Gasteiger partial charge on any atom is -0.466 e. The van der Waals surface area contributed by atoms with Gasteiger partial charge in [-0.05, 0) is 33.8 Å². The molecular weight excluding hydrogens is 196 g/mol. The summed E-state index contributed by atoms with van der Waals surface area (Å²) in [6, 6.07) is 0. The van der Waals surface area contributed by atoms with Crippen LogP contribution in [0.1, 0.15) is 34.1 Å². The number of carbonyl (C=O) groups excluding carboxylic acids is 2. The molecule has 1 N–H and O–H groups in total. The highest BCUT2D eigenvalue weighted by molar-refractivity contribution is 5.87. The van der Waals surface area contributed by atoms with E-state index in [0.29, 0.717) is 6.61 Å². The Morgan fingerprint density at radius 2 is 2.00 bits per heavy atom. The van der Waals surface area contributed by atoms with Crippen LogP contribution in [0.2, 0.25) is 0 Å². The van der Waals surface area contributed by atoms with Crippen LogP contribution in [0.15, 0.2) is 12.2 Å². The van der Waals surface area contributed by atoms with E-state index in [-0.39, 0.29) is 18.2 Å². The summed E-state index contributed by atoms with van der Waals surface area (Å²) < 4.78 is 4.55. The van der Waals surface area contributed by atoms with Gasteiger partial charge in [0.05, 0.1) is 19.1 Å². The molecule has 0 aromatic heterocycles. The molecule has 0 aliphatic heterocycles. The number of esters is 1. The normalized spacial score (nSPS) is 11.5. The molecule has 0 aliphatic carbocycles. The molecule has 15 heavy (non-hydrogen) atoms. The van der Waals surface area contributed by atoms with Crippen LogP contribution in [0.4, 0.5) is 0 Å². The fourth-order valence-corrected chi connectivity index (χ4v) is 0.696. The van der Waals surface area contributed by atoms with E-state index in [1.54, 1.807) is 19.9 Å². The van der Waals surface area contributed by atoms with E-state index >= 15 is 0 Å². The van der Waals surface area contributed by atoms with Crippen LogP contribution >= 0.6 is 0 Å². The van der Waals surface area contributed by atoms with Crippen LogP contribution in [-0.4, -0.2) is 29.6 Å². The number of ether oxygens (including phenoxy) is 1. The monoisotopic (exact) mass is 216 g/mol. The maximum atomic E-state index is 10.5. The zero-order chi connectivity index (χ0) is 12.3. The maximum absolute atomic E-state index is 10.5. The van der Waals surface area contributed by atoms with Gasteiger partial charge in [0, 0.05) is 0 Å². The Morgan fingerprint density at radius 1 is 1.47 bits per heavy atom. The van der Waals surface area contributed by atoms with Crippen molar-refractivity contribution in [1.29, 1.82) is 0 Å². The second kappa shape index (κ2) is 10.9. The van der Waals surface area contributed by atoms with Gasteiger partial charge in [-0.25, -0.2) is 0 Å². The van der Waals surface area contributed by atoms with E-state index in [9.17, 15) is 9.59 Å². The van der Waals surface area contributed by atoms with Crippen LogP contribution in [-0.2, 0) is 14.3 Å². The van der Waals surface area contributed by atoms with Gasteiger partial charge in [-0.15, -0.1) is 0 Å². The van der Waals surface area contributed by atoms with Gasteiger partial charge in [-0.1, -0.05) is 6.08 Å². The highest BCUT2D eigenvalue weighted by atomic mass is 16.5.